The Hall–Kier alpha value is -2.50. The third-order valence-corrected chi connectivity index (χ3v) is 5.85. The lowest BCUT2D eigenvalue weighted by atomic mass is 10.1. The number of hydrogen-bond donors (Lipinski definition) is 0. The summed E-state index contributed by atoms with van der Waals surface area (Å²) in [6, 6.07) is 13.5. The minimum absolute atomic E-state index is 0.227. The molecular formula is C22H19FN2OS. The van der Waals surface area contributed by atoms with Crippen molar-refractivity contribution < 1.29 is 8.81 Å². The second-order valence-electron chi connectivity index (χ2n) is 7.03. The molecule has 0 bridgehead atoms. The number of furan rings is 1. The van der Waals surface area contributed by atoms with Gasteiger partial charge in [0.15, 0.2) is 0 Å². The summed E-state index contributed by atoms with van der Waals surface area (Å²) in [5, 5.41) is 4.06. The van der Waals surface area contributed by atoms with E-state index in [-0.39, 0.29) is 5.82 Å². The molecule has 1 saturated heterocycles. The van der Waals surface area contributed by atoms with Gasteiger partial charge >= 0.3 is 0 Å². The summed E-state index contributed by atoms with van der Waals surface area (Å²) in [5.41, 5.74) is 3.48. The van der Waals surface area contributed by atoms with E-state index >= 15 is 0 Å². The van der Waals surface area contributed by atoms with Gasteiger partial charge in [0.05, 0.1) is 10.6 Å². The average molecular weight is 378 g/mol. The lowest BCUT2D eigenvalue weighted by Crippen LogP contribution is -2.36. The Bertz CT molecular complexity index is 1080. The number of rotatable bonds is 5. The Labute approximate surface area is 161 Å². The molecule has 0 N–H and O–H groups in total. The van der Waals surface area contributed by atoms with Crippen molar-refractivity contribution in [2.24, 2.45) is 0 Å². The normalized spacial score (nSPS) is 14.6. The van der Waals surface area contributed by atoms with Crippen LogP contribution in [-0.2, 0) is 13.0 Å². The first-order valence-corrected chi connectivity index (χ1v) is 10.0. The molecular weight excluding hydrogens is 359 g/mol. The molecule has 0 atom stereocenters. The molecule has 5 heteroatoms. The molecule has 0 amide bonds. The highest BCUT2D eigenvalue weighted by atomic mass is 32.1. The maximum absolute atomic E-state index is 14.7. The molecule has 2 aromatic heterocycles. The molecule has 3 heterocycles. The van der Waals surface area contributed by atoms with Crippen molar-refractivity contribution in [1.29, 1.82) is 0 Å². The van der Waals surface area contributed by atoms with Gasteiger partial charge in [-0.05, 0) is 61.0 Å². The summed E-state index contributed by atoms with van der Waals surface area (Å²) in [6.07, 6.45) is 3.86. The lowest BCUT2D eigenvalue weighted by molar-refractivity contribution is 0.172. The molecule has 2 aromatic carbocycles. The van der Waals surface area contributed by atoms with Gasteiger partial charge in [-0.2, -0.15) is 0 Å². The summed E-state index contributed by atoms with van der Waals surface area (Å²) < 4.78 is 20.6. The van der Waals surface area contributed by atoms with Gasteiger partial charge < -0.3 is 4.42 Å². The van der Waals surface area contributed by atoms with Crippen LogP contribution in [0.5, 0.6) is 0 Å². The van der Waals surface area contributed by atoms with E-state index in [2.05, 4.69) is 16.0 Å². The van der Waals surface area contributed by atoms with Gasteiger partial charge in [0.2, 0.25) is 0 Å². The zero-order valence-electron chi connectivity index (χ0n) is 14.8. The Morgan fingerprint density at radius 3 is 2.70 bits per heavy atom. The second kappa shape index (κ2) is 6.91. The van der Waals surface area contributed by atoms with Crippen LogP contribution >= 0.6 is 11.3 Å². The predicted molar refractivity (Wildman–Crippen MR) is 106 cm³/mol. The quantitative estimate of drug-likeness (QED) is 0.460. The van der Waals surface area contributed by atoms with Crippen molar-refractivity contribution in [3.05, 3.63) is 76.0 Å². The van der Waals surface area contributed by atoms with Crippen molar-refractivity contribution in [3.63, 3.8) is 0 Å². The Morgan fingerprint density at radius 1 is 1.07 bits per heavy atom. The number of likely N-dealkylation sites (tertiary alicyclic amines) is 1. The van der Waals surface area contributed by atoms with Crippen LogP contribution in [0.2, 0.25) is 0 Å². The molecule has 1 aliphatic heterocycles. The highest BCUT2D eigenvalue weighted by Crippen LogP contribution is 2.31. The number of aromatic nitrogens is 1. The number of hydrogen-bond acceptors (Lipinski definition) is 4. The van der Waals surface area contributed by atoms with Crippen LogP contribution in [0.15, 0.2) is 58.5 Å². The Morgan fingerprint density at radius 2 is 1.96 bits per heavy atom. The number of halogens is 1. The third kappa shape index (κ3) is 3.40. The Balaban J connectivity index is 1.42. The van der Waals surface area contributed by atoms with Gasteiger partial charge in [-0.3, -0.25) is 4.90 Å². The standard InChI is InChI=1S/C22H19FN2OS/c23-19-11-16(14-25-7-1-8-25)2-4-18(19)21-13-17-10-15(3-5-20(17)26-21)12-22-24-6-9-27-22/h2-6,9-11,13H,1,7-8,12,14H2. The van der Waals surface area contributed by atoms with Crippen LogP contribution in [0.4, 0.5) is 4.39 Å². The molecule has 1 fully saturated rings. The van der Waals surface area contributed by atoms with Crippen molar-refractivity contribution in [3.8, 4) is 11.3 Å². The van der Waals surface area contributed by atoms with E-state index in [4.69, 9.17) is 4.42 Å². The summed E-state index contributed by atoms with van der Waals surface area (Å²) in [7, 11) is 0. The number of thiazole rings is 1. The summed E-state index contributed by atoms with van der Waals surface area (Å²) >= 11 is 1.65. The fourth-order valence-corrected chi connectivity index (χ4v) is 4.16. The molecule has 0 saturated carbocycles. The van der Waals surface area contributed by atoms with Gasteiger partial charge in [-0.1, -0.05) is 12.1 Å². The summed E-state index contributed by atoms with van der Waals surface area (Å²) in [5.74, 6) is 0.347. The molecule has 0 spiro atoms. The van der Waals surface area contributed by atoms with E-state index in [0.29, 0.717) is 11.3 Å². The van der Waals surface area contributed by atoms with Gasteiger partial charge in [-0.15, -0.1) is 11.3 Å². The highest BCUT2D eigenvalue weighted by Gasteiger charge is 2.16. The van der Waals surface area contributed by atoms with Crippen LogP contribution in [0.1, 0.15) is 22.6 Å². The molecule has 0 radical (unpaired) electrons. The fourth-order valence-electron chi connectivity index (χ4n) is 3.51. The van der Waals surface area contributed by atoms with Gasteiger partial charge in [0.25, 0.3) is 0 Å². The van der Waals surface area contributed by atoms with Crippen LogP contribution in [0.25, 0.3) is 22.3 Å². The molecule has 0 unspecified atom stereocenters. The minimum Gasteiger partial charge on any atom is -0.456 e. The Kier molecular flexibility index (Phi) is 4.26. The number of fused-ring (bicyclic) bond motifs is 1. The molecule has 27 heavy (non-hydrogen) atoms. The first-order valence-electron chi connectivity index (χ1n) is 9.16. The summed E-state index contributed by atoms with van der Waals surface area (Å²) in [4.78, 5) is 6.66. The first-order chi connectivity index (χ1) is 13.2. The van der Waals surface area contributed by atoms with Crippen molar-refractivity contribution in [2.75, 3.05) is 13.1 Å². The van der Waals surface area contributed by atoms with Gasteiger partial charge in [-0.25, -0.2) is 9.37 Å². The zero-order chi connectivity index (χ0) is 18.2. The minimum atomic E-state index is -0.227. The zero-order valence-corrected chi connectivity index (χ0v) is 15.6. The molecule has 136 valence electrons. The monoisotopic (exact) mass is 378 g/mol. The smallest absolute Gasteiger partial charge is 0.138 e. The number of benzene rings is 2. The molecule has 0 aliphatic carbocycles. The van der Waals surface area contributed by atoms with Crippen molar-refractivity contribution in [1.82, 2.24) is 9.88 Å². The van der Waals surface area contributed by atoms with Gasteiger partial charge in [0, 0.05) is 29.9 Å². The average Bonchev–Trinajstić information content (AvgIpc) is 3.27. The topological polar surface area (TPSA) is 29.3 Å². The SMILES string of the molecule is Fc1cc(CN2CCC2)ccc1-c1cc2cc(Cc3nccs3)ccc2o1. The van der Waals surface area contributed by atoms with E-state index in [1.54, 1.807) is 17.4 Å². The van der Waals surface area contributed by atoms with Crippen molar-refractivity contribution >= 4 is 22.3 Å². The first kappa shape index (κ1) is 16.7. The second-order valence-corrected chi connectivity index (χ2v) is 8.01. The maximum atomic E-state index is 14.7. The highest BCUT2D eigenvalue weighted by molar-refractivity contribution is 7.09. The van der Waals surface area contributed by atoms with Crippen LogP contribution in [0.3, 0.4) is 0 Å². The molecule has 5 rings (SSSR count). The third-order valence-electron chi connectivity index (χ3n) is 5.07. The lowest BCUT2D eigenvalue weighted by Gasteiger charge is -2.30. The van der Waals surface area contributed by atoms with Crippen molar-refractivity contribution in [2.45, 2.75) is 19.4 Å². The molecule has 3 nitrogen and oxygen atoms in total. The van der Waals surface area contributed by atoms with Crippen LogP contribution in [-0.4, -0.2) is 23.0 Å². The van der Waals surface area contributed by atoms with Crippen LogP contribution < -0.4 is 0 Å². The fraction of sp³-hybridized carbons (Fsp3) is 0.227. The van der Waals surface area contributed by atoms with E-state index in [1.807, 2.05) is 41.9 Å². The number of nitrogens with zero attached hydrogens (tertiary/aromatic N) is 2. The molecule has 1 aliphatic rings. The largest absolute Gasteiger partial charge is 0.456 e. The maximum Gasteiger partial charge on any atom is 0.138 e. The summed E-state index contributed by atoms with van der Waals surface area (Å²) in [6.45, 7) is 3.03. The van der Waals surface area contributed by atoms with E-state index in [9.17, 15) is 4.39 Å². The van der Waals surface area contributed by atoms with Gasteiger partial charge in [0.1, 0.15) is 17.2 Å². The molecule has 4 aromatic rings. The van der Waals surface area contributed by atoms with E-state index in [0.717, 1.165) is 47.6 Å². The predicted octanol–water partition coefficient (Wildman–Crippen LogP) is 5.49. The van der Waals surface area contributed by atoms with Crippen LogP contribution in [0, 0.1) is 5.82 Å². The van der Waals surface area contributed by atoms with E-state index in [1.165, 1.54) is 12.0 Å². The van der Waals surface area contributed by atoms with E-state index < -0.39 is 0 Å².